The van der Waals surface area contributed by atoms with Gasteiger partial charge in [-0.2, -0.15) is 5.10 Å². The lowest BCUT2D eigenvalue weighted by Crippen LogP contribution is -2.20. The summed E-state index contributed by atoms with van der Waals surface area (Å²) in [6.45, 7) is 4.53. The summed E-state index contributed by atoms with van der Waals surface area (Å²) in [4.78, 5) is 27.0. The third-order valence-corrected chi connectivity index (χ3v) is 7.07. The number of aromatic nitrogens is 6. The van der Waals surface area contributed by atoms with Crippen LogP contribution < -0.4 is 15.4 Å². The summed E-state index contributed by atoms with van der Waals surface area (Å²) in [6, 6.07) is 7.67. The molecule has 2 N–H and O–H groups in total. The van der Waals surface area contributed by atoms with E-state index in [-0.39, 0.29) is 18.1 Å². The molecule has 4 aromatic rings. The molecule has 2 fully saturated rings. The molecule has 1 aliphatic heterocycles. The van der Waals surface area contributed by atoms with Gasteiger partial charge >= 0.3 is 0 Å². The van der Waals surface area contributed by atoms with Gasteiger partial charge in [0.1, 0.15) is 29.2 Å². The molecular formula is C27H32N8O3. The fraction of sp³-hybridized carbons (Fsp3) is 0.444. The van der Waals surface area contributed by atoms with E-state index in [0.29, 0.717) is 46.7 Å². The van der Waals surface area contributed by atoms with Gasteiger partial charge in [0.05, 0.1) is 24.0 Å². The monoisotopic (exact) mass is 516 g/mol. The van der Waals surface area contributed by atoms with Crippen molar-refractivity contribution in [3.8, 4) is 17.1 Å². The van der Waals surface area contributed by atoms with Crippen molar-refractivity contribution in [2.45, 2.75) is 52.2 Å². The highest BCUT2D eigenvalue weighted by Gasteiger charge is 2.31. The highest BCUT2D eigenvalue weighted by molar-refractivity contribution is 5.97. The highest BCUT2D eigenvalue weighted by Crippen LogP contribution is 2.40. The molecule has 1 atom stereocenters. The maximum atomic E-state index is 12.7. The molecule has 1 saturated carbocycles. The Morgan fingerprint density at radius 1 is 1.11 bits per heavy atom. The van der Waals surface area contributed by atoms with Crippen LogP contribution in [0.4, 0.5) is 17.2 Å². The number of imidazole rings is 1. The second kappa shape index (κ2) is 9.71. The SMILES string of the molecule is COc1c(Nc2cc(NC(=O)C3CC3)nc3c2nc(C)n3C2CCCCO2)cccc1-c1nc(C)nn1C. The number of rotatable bonds is 7. The van der Waals surface area contributed by atoms with Crippen LogP contribution >= 0.6 is 0 Å². The molecule has 1 saturated heterocycles. The first-order valence-electron chi connectivity index (χ1n) is 13.1. The first kappa shape index (κ1) is 24.4. The van der Waals surface area contributed by atoms with Crippen molar-refractivity contribution in [3.05, 3.63) is 35.9 Å². The number of carbonyl (C=O) groups excluding carboxylic acids is 1. The predicted molar refractivity (Wildman–Crippen MR) is 143 cm³/mol. The molecule has 38 heavy (non-hydrogen) atoms. The molecule has 1 aromatic carbocycles. The highest BCUT2D eigenvalue weighted by atomic mass is 16.5. The number of methoxy groups -OCH3 is 1. The van der Waals surface area contributed by atoms with Crippen LogP contribution in [0.3, 0.4) is 0 Å². The van der Waals surface area contributed by atoms with E-state index < -0.39 is 0 Å². The molecule has 11 heteroatoms. The molecule has 4 heterocycles. The Kier molecular flexibility index (Phi) is 6.22. The molecular weight excluding hydrogens is 484 g/mol. The Balaban J connectivity index is 1.46. The maximum Gasteiger partial charge on any atom is 0.228 e. The van der Waals surface area contributed by atoms with Gasteiger partial charge in [0.2, 0.25) is 5.91 Å². The van der Waals surface area contributed by atoms with Crippen molar-refractivity contribution in [1.82, 2.24) is 29.3 Å². The van der Waals surface area contributed by atoms with Crippen LogP contribution in [0.2, 0.25) is 0 Å². The van der Waals surface area contributed by atoms with Gasteiger partial charge < -0.3 is 20.1 Å². The first-order chi connectivity index (χ1) is 18.4. The van der Waals surface area contributed by atoms with Crippen molar-refractivity contribution in [2.24, 2.45) is 13.0 Å². The summed E-state index contributed by atoms with van der Waals surface area (Å²) < 4.78 is 15.7. The second-order valence-corrected chi connectivity index (χ2v) is 9.96. The minimum atomic E-state index is -0.138. The fourth-order valence-corrected chi connectivity index (χ4v) is 5.10. The summed E-state index contributed by atoms with van der Waals surface area (Å²) in [7, 11) is 3.49. The van der Waals surface area contributed by atoms with Crippen LogP contribution in [0.15, 0.2) is 24.3 Å². The van der Waals surface area contributed by atoms with Gasteiger partial charge in [-0.3, -0.25) is 9.36 Å². The van der Waals surface area contributed by atoms with Crippen LogP contribution in [-0.4, -0.2) is 48.9 Å². The molecule has 3 aromatic heterocycles. The number of carbonyl (C=O) groups is 1. The van der Waals surface area contributed by atoms with Crippen LogP contribution in [0.25, 0.3) is 22.6 Å². The molecule has 2 aliphatic rings. The van der Waals surface area contributed by atoms with E-state index in [1.54, 1.807) is 11.8 Å². The number of fused-ring (bicyclic) bond motifs is 1. The lowest BCUT2D eigenvalue weighted by atomic mass is 10.1. The lowest BCUT2D eigenvalue weighted by molar-refractivity contribution is -0.117. The van der Waals surface area contributed by atoms with Gasteiger partial charge in [0, 0.05) is 25.6 Å². The molecule has 11 nitrogen and oxygen atoms in total. The predicted octanol–water partition coefficient (Wildman–Crippen LogP) is 4.64. The lowest BCUT2D eigenvalue weighted by Gasteiger charge is -2.25. The van der Waals surface area contributed by atoms with Gasteiger partial charge in [-0.1, -0.05) is 6.07 Å². The fourth-order valence-electron chi connectivity index (χ4n) is 5.10. The van der Waals surface area contributed by atoms with E-state index in [9.17, 15) is 4.79 Å². The Labute approximate surface area is 220 Å². The van der Waals surface area contributed by atoms with Crippen LogP contribution in [0.1, 0.15) is 50.0 Å². The van der Waals surface area contributed by atoms with Crippen LogP contribution in [0.5, 0.6) is 5.75 Å². The number of anilines is 3. The van der Waals surface area contributed by atoms with Crippen LogP contribution in [-0.2, 0) is 16.6 Å². The molecule has 0 bridgehead atoms. The summed E-state index contributed by atoms with van der Waals surface area (Å²) in [6.07, 6.45) is 4.71. The van der Waals surface area contributed by atoms with E-state index in [1.807, 2.05) is 49.7 Å². The normalized spacial score (nSPS) is 17.5. The summed E-state index contributed by atoms with van der Waals surface area (Å²) in [5, 5.41) is 10.9. The summed E-state index contributed by atoms with van der Waals surface area (Å²) >= 11 is 0. The molecule has 1 aliphatic carbocycles. The van der Waals surface area contributed by atoms with Crippen LogP contribution in [0, 0.1) is 19.8 Å². The summed E-state index contributed by atoms with van der Waals surface area (Å²) in [5.74, 6) is 3.36. The number of pyridine rings is 1. The summed E-state index contributed by atoms with van der Waals surface area (Å²) in [5.41, 5.74) is 3.63. The average molecular weight is 517 g/mol. The number of amides is 1. The van der Waals surface area contributed by atoms with Gasteiger partial charge in [-0.15, -0.1) is 0 Å². The second-order valence-electron chi connectivity index (χ2n) is 9.96. The zero-order chi connectivity index (χ0) is 26.4. The molecule has 6 rings (SSSR count). The van der Waals surface area contributed by atoms with Crippen molar-refractivity contribution in [3.63, 3.8) is 0 Å². The maximum absolute atomic E-state index is 12.7. The van der Waals surface area contributed by atoms with E-state index in [1.165, 1.54) is 0 Å². The topological polar surface area (TPSA) is 121 Å². The molecule has 1 unspecified atom stereocenters. The molecule has 0 spiro atoms. The van der Waals surface area contributed by atoms with Crippen molar-refractivity contribution in [2.75, 3.05) is 24.4 Å². The average Bonchev–Trinajstić information content (AvgIpc) is 3.63. The third kappa shape index (κ3) is 4.47. The number of hydrogen-bond donors (Lipinski definition) is 2. The minimum Gasteiger partial charge on any atom is -0.494 e. The van der Waals surface area contributed by atoms with E-state index in [2.05, 4.69) is 20.7 Å². The van der Waals surface area contributed by atoms with Gasteiger partial charge in [-0.25, -0.2) is 19.6 Å². The third-order valence-electron chi connectivity index (χ3n) is 7.07. The van der Waals surface area contributed by atoms with Gasteiger partial charge in [-0.05, 0) is 58.1 Å². The number of nitrogens with zero attached hydrogens (tertiary/aromatic N) is 6. The quantitative estimate of drug-likeness (QED) is 0.364. The number of para-hydroxylation sites is 1. The Hall–Kier alpha value is -3.99. The number of ether oxygens (including phenoxy) is 2. The largest absolute Gasteiger partial charge is 0.494 e. The standard InChI is InChI=1S/C27H32N8O3/c1-15-28-25(34(3)33-15)18-8-7-9-19(24(18)37-4)30-20-14-21(32-27(36)17-11-12-17)31-26-23(20)29-16(2)35(26)22-10-5-6-13-38-22/h7-9,14,17,22H,5-6,10-13H2,1-4H3,(H2,30,31,32,36). The Morgan fingerprint density at radius 3 is 2.63 bits per heavy atom. The zero-order valence-electron chi connectivity index (χ0n) is 22.1. The van der Waals surface area contributed by atoms with E-state index in [0.717, 1.165) is 49.2 Å². The number of hydrogen-bond acceptors (Lipinski definition) is 8. The van der Waals surface area contributed by atoms with Crippen molar-refractivity contribution >= 4 is 34.3 Å². The molecule has 1 amide bonds. The molecule has 0 radical (unpaired) electrons. The number of nitrogens with one attached hydrogen (secondary N) is 2. The Bertz CT molecular complexity index is 1510. The van der Waals surface area contributed by atoms with Crippen molar-refractivity contribution < 1.29 is 14.3 Å². The van der Waals surface area contributed by atoms with E-state index >= 15 is 0 Å². The minimum absolute atomic E-state index is 0.00302. The number of aryl methyl sites for hydroxylation is 3. The zero-order valence-corrected chi connectivity index (χ0v) is 22.1. The first-order valence-corrected chi connectivity index (χ1v) is 13.1. The Morgan fingerprint density at radius 2 is 1.95 bits per heavy atom. The van der Waals surface area contributed by atoms with Gasteiger partial charge in [0.15, 0.2) is 17.2 Å². The number of benzene rings is 1. The smallest absolute Gasteiger partial charge is 0.228 e. The van der Waals surface area contributed by atoms with E-state index in [4.69, 9.17) is 19.4 Å². The molecule has 198 valence electrons. The van der Waals surface area contributed by atoms with Gasteiger partial charge in [0.25, 0.3) is 0 Å². The van der Waals surface area contributed by atoms with Crippen molar-refractivity contribution in [1.29, 1.82) is 0 Å².